The van der Waals surface area contributed by atoms with Gasteiger partial charge in [-0.3, -0.25) is 4.68 Å². The second-order valence-corrected chi connectivity index (χ2v) is 5.09. The maximum absolute atomic E-state index is 9.06. The van der Waals surface area contributed by atoms with Crippen LogP contribution in [0.4, 0.5) is 0 Å². The van der Waals surface area contributed by atoms with Crippen molar-refractivity contribution in [2.75, 3.05) is 6.61 Å². The number of aryl methyl sites for hydroxylation is 2. The highest BCUT2D eigenvalue weighted by atomic mass is 35.5. The van der Waals surface area contributed by atoms with Gasteiger partial charge >= 0.3 is 0 Å². The van der Waals surface area contributed by atoms with Crippen LogP contribution in [0.1, 0.15) is 38.1 Å². The van der Waals surface area contributed by atoms with Crippen LogP contribution in [0.25, 0.3) is 0 Å². The molecular formula is C12H22ClN3O. The van der Waals surface area contributed by atoms with Crippen LogP contribution in [0.3, 0.4) is 0 Å². The number of hydrogen-bond acceptors (Lipinski definition) is 3. The van der Waals surface area contributed by atoms with E-state index < -0.39 is 0 Å². The minimum absolute atomic E-state index is 0.0593. The molecule has 0 saturated heterocycles. The van der Waals surface area contributed by atoms with Gasteiger partial charge in [0.2, 0.25) is 0 Å². The minimum atomic E-state index is -0.0593. The summed E-state index contributed by atoms with van der Waals surface area (Å²) >= 11 is 6.19. The zero-order valence-electron chi connectivity index (χ0n) is 11.0. The summed E-state index contributed by atoms with van der Waals surface area (Å²) in [4.78, 5) is 0. The van der Waals surface area contributed by atoms with Crippen molar-refractivity contribution < 1.29 is 5.11 Å². The molecule has 5 heteroatoms. The molecule has 0 aromatic carbocycles. The molecule has 0 amide bonds. The molecule has 17 heavy (non-hydrogen) atoms. The lowest BCUT2D eigenvalue weighted by atomic mass is 9.95. The second-order valence-electron chi connectivity index (χ2n) is 4.71. The number of nitrogens with zero attached hydrogens (tertiary/aromatic N) is 2. The van der Waals surface area contributed by atoms with Gasteiger partial charge in [-0.1, -0.05) is 18.5 Å². The van der Waals surface area contributed by atoms with Gasteiger partial charge in [0, 0.05) is 25.7 Å². The fourth-order valence-corrected chi connectivity index (χ4v) is 2.03. The molecule has 0 fully saturated rings. The maximum atomic E-state index is 9.06. The van der Waals surface area contributed by atoms with E-state index in [0.717, 1.165) is 29.3 Å². The monoisotopic (exact) mass is 259 g/mol. The lowest BCUT2D eigenvalue weighted by Crippen LogP contribution is -2.42. The fraction of sp³-hybridized carbons (Fsp3) is 0.750. The van der Waals surface area contributed by atoms with Gasteiger partial charge in [0.25, 0.3) is 0 Å². The van der Waals surface area contributed by atoms with Crippen LogP contribution in [-0.4, -0.2) is 27.0 Å². The average Bonchev–Trinajstić information content (AvgIpc) is 2.52. The van der Waals surface area contributed by atoms with Crippen LogP contribution >= 0.6 is 11.6 Å². The van der Waals surface area contributed by atoms with Gasteiger partial charge in [-0.25, -0.2) is 0 Å². The molecule has 1 heterocycles. The van der Waals surface area contributed by atoms with E-state index in [1.807, 2.05) is 14.0 Å². The Hall–Kier alpha value is -0.580. The van der Waals surface area contributed by atoms with E-state index in [-0.39, 0.29) is 12.1 Å². The molecular weight excluding hydrogens is 238 g/mol. The highest BCUT2D eigenvalue weighted by Gasteiger charge is 2.22. The van der Waals surface area contributed by atoms with Crippen molar-refractivity contribution >= 4 is 11.6 Å². The van der Waals surface area contributed by atoms with E-state index in [1.54, 1.807) is 4.68 Å². The lowest BCUT2D eigenvalue weighted by molar-refractivity contribution is 0.213. The van der Waals surface area contributed by atoms with Crippen LogP contribution < -0.4 is 5.32 Å². The third-order valence-corrected chi connectivity index (χ3v) is 3.88. The van der Waals surface area contributed by atoms with Crippen molar-refractivity contribution in [2.45, 2.75) is 45.7 Å². The van der Waals surface area contributed by atoms with Crippen molar-refractivity contribution in [1.82, 2.24) is 15.1 Å². The largest absolute Gasteiger partial charge is 0.396 e. The lowest BCUT2D eigenvalue weighted by Gasteiger charge is -2.29. The molecule has 2 N–H and O–H groups in total. The first-order valence-corrected chi connectivity index (χ1v) is 6.35. The Kier molecular flexibility index (Phi) is 4.98. The average molecular weight is 260 g/mol. The SMILES string of the molecule is CCC(C)(CCO)NCc1c(Cl)c(C)nn1C. The Morgan fingerprint density at radius 2 is 2.18 bits per heavy atom. The number of aliphatic hydroxyl groups is 1. The third kappa shape index (κ3) is 3.44. The zero-order valence-corrected chi connectivity index (χ0v) is 11.8. The van der Waals surface area contributed by atoms with Crippen LogP contribution in [0.5, 0.6) is 0 Å². The van der Waals surface area contributed by atoms with Crippen LogP contribution in [0, 0.1) is 6.92 Å². The minimum Gasteiger partial charge on any atom is -0.396 e. The smallest absolute Gasteiger partial charge is 0.0860 e. The molecule has 0 aliphatic carbocycles. The molecule has 1 atom stereocenters. The Balaban J connectivity index is 2.72. The molecule has 1 rings (SSSR count). The van der Waals surface area contributed by atoms with Crippen molar-refractivity contribution in [3.63, 3.8) is 0 Å². The summed E-state index contributed by atoms with van der Waals surface area (Å²) in [6.07, 6.45) is 1.69. The van der Waals surface area contributed by atoms with Gasteiger partial charge in [-0.15, -0.1) is 0 Å². The van der Waals surface area contributed by atoms with E-state index in [0.29, 0.717) is 6.54 Å². The molecule has 1 aromatic rings. The number of rotatable bonds is 6. The number of aliphatic hydroxyl groups excluding tert-OH is 1. The predicted molar refractivity (Wildman–Crippen MR) is 70.2 cm³/mol. The van der Waals surface area contributed by atoms with Crippen LogP contribution in [0.15, 0.2) is 0 Å². The van der Waals surface area contributed by atoms with Crippen molar-refractivity contribution in [3.8, 4) is 0 Å². The summed E-state index contributed by atoms with van der Waals surface area (Å²) in [7, 11) is 1.89. The fourth-order valence-electron chi connectivity index (χ4n) is 1.81. The maximum Gasteiger partial charge on any atom is 0.0860 e. The molecule has 0 aliphatic heterocycles. The van der Waals surface area contributed by atoms with Crippen molar-refractivity contribution in [3.05, 3.63) is 16.4 Å². The molecule has 98 valence electrons. The summed E-state index contributed by atoms with van der Waals surface area (Å²) in [5.74, 6) is 0. The Morgan fingerprint density at radius 1 is 1.53 bits per heavy atom. The number of halogens is 1. The number of nitrogens with one attached hydrogen (secondary N) is 1. The third-order valence-electron chi connectivity index (χ3n) is 3.39. The standard InChI is InChI=1S/C12H22ClN3O/c1-5-12(3,6-7-17)14-8-10-11(13)9(2)15-16(10)4/h14,17H,5-8H2,1-4H3. The van der Waals surface area contributed by atoms with E-state index in [2.05, 4.69) is 24.3 Å². The van der Waals surface area contributed by atoms with E-state index in [1.165, 1.54) is 0 Å². The number of hydrogen-bond donors (Lipinski definition) is 2. The second kappa shape index (κ2) is 5.85. The first kappa shape index (κ1) is 14.5. The van der Waals surface area contributed by atoms with E-state index in [4.69, 9.17) is 16.7 Å². The highest BCUT2D eigenvalue weighted by Crippen LogP contribution is 2.21. The van der Waals surface area contributed by atoms with Gasteiger partial charge in [0.1, 0.15) is 0 Å². The van der Waals surface area contributed by atoms with Gasteiger partial charge in [-0.05, 0) is 26.7 Å². The Labute approximate surface area is 108 Å². The normalized spacial score (nSPS) is 14.9. The quantitative estimate of drug-likeness (QED) is 0.822. The predicted octanol–water partition coefficient (Wildman–Crippen LogP) is 2.02. The molecule has 0 saturated carbocycles. The molecule has 0 spiro atoms. The molecule has 0 bridgehead atoms. The summed E-state index contributed by atoms with van der Waals surface area (Å²) in [6, 6.07) is 0. The van der Waals surface area contributed by atoms with E-state index in [9.17, 15) is 0 Å². The molecule has 4 nitrogen and oxygen atoms in total. The van der Waals surface area contributed by atoms with E-state index >= 15 is 0 Å². The molecule has 1 aromatic heterocycles. The summed E-state index contributed by atoms with van der Waals surface area (Å²) in [5.41, 5.74) is 1.78. The molecule has 0 aliphatic rings. The number of aromatic nitrogens is 2. The topological polar surface area (TPSA) is 50.1 Å². The molecule has 1 unspecified atom stereocenters. The zero-order chi connectivity index (χ0) is 13.1. The van der Waals surface area contributed by atoms with Crippen molar-refractivity contribution in [1.29, 1.82) is 0 Å². The van der Waals surface area contributed by atoms with Crippen molar-refractivity contribution in [2.24, 2.45) is 7.05 Å². The Morgan fingerprint density at radius 3 is 2.59 bits per heavy atom. The van der Waals surface area contributed by atoms with Gasteiger partial charge in [-0.2, -0.15) is 5.10 Å². The first-order valence-electron chi connectivity index (χ1n) is 5.97. The van der Waals surface area contributed by atoms with Gasteiger partial charge in [0.15, 0.2) is 0 Å². The van der Waals surface area contributed by atoms with Crippen LogP contribution in [-0.2, 0) is 13.6 Å². The Bertz CT molecular complexity index is 378. The summed E-state index contributed by atoms with van der Waals surface area (Å²) in [5, 5.41) is 17.5. The highest BCUT2D eigenvalue weighted by molar-refractivity contribution is 6.31. The first-order chi connectivity index (χ1) is 7.93. The van der Waals surface area contributed by atoms with Crippen LogP contribution in [0.2, 0.25) is 5.02 Å². The summed E-state index contributed by atoms with van der Waals surface area (Å²) in [6.45, 7) is 6.98. The molecule has 0 radical (unpaired) electrons. The van der Waals surface area contributed by atoms with Gasteiger partial charge in [0.05, 0.1) is 16.4 Å². The summed E-state index contributed by atoms with van der Waals surface area (Å²) < 4.78 is 1.81. The van der Waals surface area contributed by atoms with Gasteiger partial charge < -0.3 is 10.4 Å².